The molecule has 0 aromatic carbocycles. The molecule has 0 unspecified atom stereocenters. The Kier molecular flexibility index (Phi) is 4.70. The van der Waals surface area contributed by atoms with Crippen molar-refractivity contribution < 1.29 is 31.0 Å². The van der Waals surface area contributed by atoms with Crippen molar-refractivity contribution in [3.05, 3.63) is 16.4 Å². The van der Waals surface area contributed by atoms with Gasteiger partial charge in [0.2, 0.25) is 0 Å². The van der Waals surface area contributed by atoms with E-state index in [4.69, 9.17) is 23.2 Å². The maximum absolute atomic E-state index is 5.41. The number of rotatable bonds is 0. The maximum atomic E-state index is 5.41. The summed E-state index contributed by atoms with van der Waals surface area (Å²) in [5.41, 5.74) is 0. The van der Waals surface area contributed by atoms with Gasteiger partial charge >= 0.3 is 29.6 Å². The molecule has 0 atom stereocenters. The first-order valence-corrected chi connectivity index (χ1v) is 2.55. The van der Waals surface area contributed by atoms with Crippen LogP contribution in [-0.4, -0.2) is 15.4 Å². The smallest absolute Gasteiger partial charge is 1.00 e. The summed E-state index contributed by atoms with van der Waals surface area (Å²) in [5, 5.41) is 10.5. The average Bonchev–Trinajstić information content (AvgIpc) is 1.77. The molecule has 0 radical (unpaired) electrons. The maximum Gasteiger partial charge on any atom is 1.00 e. The van der Waals surface area contributed by atoms with Gasteiger partial charge in [-0.05, 0) is 5.21 Å². The summed E-state index contributed by atoms with van der Waals surface area (Å²) in [5.74, 6) is 0. The minimum atomic E-state index is 0. The standard InChI is InChI=1S/C3HCl2N3.Na.H/c4-2-1-6-8-7-3(2)5;;/h1H;;/q;+1;-1. The van der Waals surface area contributed by atoms with Crippen molar-refractivity contribution in [3.63, 3.8) is 0 Å². The molecule has 0 saturated heterocycles. The van der Waals surface area contributed by atoms with Gasteiger partial charge in [0.15, 0.2) is 5.15 Å². The molecule has 1 heterocycles. The Balaban J connectivity index is 0. The fraction of sp³-hybridized carbons (Fsp3) is 0. The van der Waals surface area contributed by atoms with E-state index >= 15 is 0 Å². The third-order valence-corrected chi connectivity index (χ3v) is 1.20. The zero-order valence-corrected chi connectivity index (χ0v) is 8.19. The second-order valence-corrected chi connectivity index (χ2v) is 1.84. The molecule has 0 aliphatic heterocycles. The third kappa shape index (κ3) is 2.78. The molecular formula is C3H2Cl2N3Na. The Morgan fingerprint density at radius 3 is 2.44 bits per heavy atom. The first-order valence-electron chi connectivity index (χ1n) is 1.80. The van der Waals surface area contributed by atoms with Crippen LogP contribution in [0.2, 0.25) is 10.2 Å². The zero-order valence-electron chi connectivity index (χ0n) is 5.67. The predicted octanol–water partition coefficient (Wildman–Crippen LogP) is -1.71. The van der Waals surface area contributed by atoms with Crippen LogP contribution in [0.5, 0.6) is 0 Å². The summed E-state index contributed by atoms with van der Waals surface area (Å²) in [6.07, 6.45) is 1.33. The minimum Gasteiger partial charge on any atom is -1.00 e. The van der Waals surface area contributed by atoms with Crippen LogP contribution in [-0.2, 0) is 0 Å². The molecule has 0 fully saturated rings. The normalized spacial score (nSPS) is 8.22. The topological polar surface area (TPSA) is 38.7 Å². The van der Waals surface area contributed by atoms with Crippen LogP contribution in [0.1, 0.15) is 1.43 Å². The predicted molar refractivity (Wildman–Crippen MR) is 31.0 cm³/mol. The second kappa shape index (κ2) is 4.41. The minimum absolute atomic E-state index is 0. The number of hydrogen-bond donors (Lipinski definition) is 0. The first kappa shape index (κ1) is 9.59. The fourth-order valence-corrected chi connectivity index (χ4v) is 0.407. The van der Waals surface area contributed by atoms with Crippen LogP contribution in [0.25, 0.3) is 0 Å². The number of nitrogens with zero attached hydrogens (tertiary/aromatic N) is 3. The molecule has 0 spiro atoms. The van der Waals surface area contributed by atoms with E-state index in [9.17, 15) is 0 Å². The summed E-state index contributed by atoms with van der Waals surface area (Å²) >= 11 is 10.8. The second-order valence-electron chi connectivity index (χ2n) is 1.07. The van der Waals surface area contributed by atoms with E-state index in [1.165, 1.54) is 6.20 Å². The molecule has 1 aromatic rings. The van der Waals surface area contributed by atoms with Gasteiger partial charge in [-0.1, -0.05) is 23.2 Å². The third-order valence-electron chi connectivity index (χ3n) is 0.552. The zero-order chi connectivity index (χ0) is 5.98. The largest absolute Gasteiger partial charge is 1.00 e. The van der Waals surface area contributed by atoms with Gasteiger partial charge in [0.25, 0.3) is 0 Å². The van der Waals surface area contributed by atoms with E-state index in [0.717, 1.165) is 0 Å². The van der Waals surface area contributed by atoms with Crippen LogP contribution >= 0.6 is 23.2 Å². The Labute approximate surface area is 85.5 Å². The first-order chi connectivity index (χ1) is 3.80. The van der Waals surface area contributed by atoms with Crippen molar-refractivity contribution in [3.8, 4) is 0 Å². The van der Waals surface area contributed by atoms with Crippen LogP contribution < -0.4 is 29.6 Å². The Bertz CT molecular complexity index is 178. The van der Waals surface area contributed by atoms with E-state index < -0.39 is 0 Å². The molecule has 0 aliphatic carbocycles. The molecule has 1 rings (SSSR count). The Hall–Kier alpha value is 0.590. The van der Waals surface area contributed by atoms with Crippen LogP contribution in [0, 0.1) is 0 Å². The fourth-order valence-electron chi connectivity index (χ4n) is 0.243. The van der Waals surface area contributed by atoms with Crippen molar-refractivity contribution in [2.45, 2.75) is 0 Å². The number of aromatic nitrogens is 3. The van der Waals surface area contributed by atoms with E-state index in [2.05, 4.69) is 15.4 Å². The van der Waals surface area contributed by atoms with Crippen molar-refractivity contribution in [1.29, 1.82) is 0 Å². The average molecular weight is 174 g/mol. The molecule has 0 aliphatic rings. The molecule has 0 bridgehead atoms. The van der Waals surface area contributed by atoms with Crippen molar-refractivity contribution >= 4 is 23.2 Å². The van der Waals surface area contributed by atoms with Crippen LogP contribution in [0.4, 0.5) is 0 Å². The van der Waals surface area contributed by atoms with E-state index in [0.29, 0.717) is 5.02 Å². The van der Waals surface area contributed by atoms with Gasteiger partial charge in [0.1, 0.15) is 5.02 Å². The summed E-state index contributed by atoms with van der Waals surface area (Å²) in [6.45, 7) is 0. The Morgan fingerprint density at radius 1 is 1.44 bits per heavy atom. The monoisotopic (exact) mass is 173 g/mol. The van der Waals surface area contributed by atoms with Crippen molar-refractivity contribution in [2.24, 2.45) is 0 Å². The SMILES string of the molecule is Clc1cnnnc1Cl.[H-].[Na+]. The number of halogens is 2. The molecular weight excluding hydrogens is 172 g/mol. The molecule has 6 heteroatoms. The van der Waals surface area contributed by atoms with E-state index in [-0.39, 0.29) is 36.1 Å². The van der Waals surface area contributed by atoms with Gasteiger partial charge in [0.05, 0.1) is 6.20 Å². The molecule has 0 saturated carbocycles. The van der Waals surface area contributed by atoms with Gasteiger partial charge in [0, 0.05) is 0 Å². The number of hydrogen-bond acceptors (Lipinski definition) is 3. The molecule has 0 N–H and O–H groups in total. The summed E-state index contributed by atoms with van der Waals surface area (Å²) in [6, 6.07) is 0. The van der Waals surface area contributed by atoms with Gasteiger partial charge in [-0.3, -0.25) is 0 Å². The summed E-state index contributed by atoms with van der Waals surface area (Å²) in [7, 11) is 0. The molecule has 0 amide bonds. The van der Waals surface area contributed by atoms with E-state index in [1.807, 2.05) is 0 Å². The van der Waals surface area contributed by atoms with Crippen LogP contribution in [0.15, 0.2) is 6.20 Å². The quantitative estimate of drug-likeness (QED) is 0.440. The van der Waals surface area contributed by atoms with Gasteiger partial charge in [-0.25, -0.2) is 0 Å². The van der Waals surface area contributed by atoms with Crippen molar-refractivity contribution in [2.75, 3.05) is 0 Å². The Morgan fingerprint density at radius 2 is 2.11 bits per heavy atom. The molecule has 9 heavy (non-hydrogen) atoms. The van der Waals surface area contributed by atoms with Crippen molar-refractivity contribution in [1.82, 2.24) is 15.4 Å². The molecule has 44 valence electrons. The van der Waals surface area contributed by atoms with E-state index in [1.54, 1.807) is 0 Å². The van der Waals surface area contributed by atoms with Gasteiger partial charge in [-0.2, -0.15) is 0 Å². The summed E-state index contributed by atoms with van der Waals surface area (Å²) in [4.78, 5) is 0. The van der Waals surface area contributed by atoms with Gasteiger partial charge < -0.3 is 1.43 Å². The van der Waals surface area contributed by atoms with Crippen LogP contribution in [0.3, 0.4) is 0 Å². The van der Waals surface area contributed by atoms with Gasteiger partial charge in [-0.15, -0.1) is 10.2 Å². The molecule has 3 nitrogen and oxygen atoms in total. The summed E-state index contributed by atoms with van der Waals surface area (Å²) < 4.78 is 0. The molecule has 1 aromatic heterocycles.